The lowest BCUT2D eigenvalue weighted by Crippen LogP contribution is -2.12. The number of fused-ring (bicyclic) bond motifs is 1. The van der Waals surface area contributed by atoms with Gasteiger partial charge in [0.15, 0.2) is 11.0 Å². The van der Waals surface area contributed by atoms with Gasteiger partial charge in [0.1, 0.15) is 10.1 Å². The van der Waals surface area contributed by atoms with Crippen LogP contribution < -0.4 is 0 Å². The Labute approximate surface area is 111 Å². The molecule has 3 rings (SSSR count). The quantitative estimate of drug-likeness (QED) is 0.811. The van der Waals surface area contributed by atoms with Crippen LogP contribution in [0.5, 0.6) is 5.75 Å². The second kappa shape index (κ2) is 4.32. The molecule has 0 atom stereocenters. The summed E-state index contributed by atoms with van der Waals surface area (Å²) >= 11 is 8.54. The lowest BCUT2D eigenvalue weighted by molar-refractivity contribution is 0.475. The molecule has 2 heterocycles. The van der Waals surface area contributed by atoms with Crippen molar-refractivity contribution < 1.29 is 5.11 Å². The average Bonchev–Trinajstić information content (AvgIpc) is 2.75. The number of aromatic hydroxyl groups is 1. The summed E-state index contributed by atoms with van der Waals surface area (Å²) in [6.07, 6.45) is 0. The molecule has 1 aliphatic rings. The van der Waals surface area contributed by atoms with Crippen LogP contribution in [-0.2, 0) is 0 Å². The maximum Gasteiger partial charge on any atom is 0.198 e. The Kier molecular flexibility index (Phi) is 2.81. The number of hydrogen-bond acceptors (Lipinski definition) is 6. The van der Waals surface area contributed by atoms with Gasteiger partial charge >= 0.3 is 0 Å². The first-order valence-corrected chi connectivity index (χ1v) is 7.18. The maximum absolute atomic E-state index is 9.27. The highest BCUT2D eigenvalue weighted by Gasteiger charge is 2.21. The molecule has 0 fully saturated rings. The summed E-state index contributed by atoms with van der Waals surface area (Å²) in [7, 11) is 0. The Morgan fingerprint density at radius 1 is 1.18 bits per heavy atom. The van der Waals surface area contributed by atoms with E-state index in [2.05, 4.69) is 10.2 Å². The highest BCUT2D eigenvalue weighted by atomic mass is 32.2. The number of phenolic OH excluding ortho intramolecular Hbond substituents is 1. The van der Waals surface area contributed by atoms with Crippen molar-refractivity contribution in [3.8, 4) is 17.1 Å². The van der Waals surface area contributed by atoms with E-state index in [1.807, 2.05) is 4.57 Å². The summed E-state index contributed by atoms with van der Waals surface area (Å²) in [6, 6.07) is 6.87. The Morgan fingerprint density at radius 2 is 1.94 bits per heavy atom. The van der Waals surface area contributed by atoms with Gasteiger partial charge in [-0.25, -0.2) is 0 Å². The summed E-state index contributed by atoms with van der Waals surface area (Å²) in [5.74, 6) is 0.961. The summed E-state index contributed by atoms with van der Waals surface area (Å²) in [6.45, 7) is 0. The fourth-order valence-electron chi connectivity index (χ4n) is 1.52. The van der Waals surface area contributed by atoms with Gasteiger partial charge in [-0.3, -0.25) is 4.57 Å². The number of benzene rings is 1. The van der Waals surface area contributed by atoms with E-state index in [0.717, 1.165) is 25.9 Å². The van der Waals surface area contributed by atoms with Gasteiger partial charge in [-0.05, 0) is 24.3 Å². The molecule has 0 amide bonds. The third-order valence-electron chi connectivity index (χ3n) is 2.31. The number of thiocarbonyl (C=S) groups is 1. The molecule has 1 aromatic heterocycles. The molecular weight excluding hydrogens is 274 g/mol. The SMILES string of the molecule is Oc1ccc(-c2nnc3n2C(=S)SCS3)cc1. The van der Waals surface area contributed by atoms with Crippen molar-refractivity contribution in [3.05, 3.63) is 24.3 Å². The first-order chi connectivity index (χ1) is 8.25. The van der Waals surface area contributed by atoms with Crippen LogP contribution in [0.4, 0.5) is 0 Å². The van der Waals surface area contributed by atoms with Gasteiger partial charge in [0, 0.05) is 5.56 Å². The topological polar surface area (TPSA) is 50.9 Å². The molecule has 1 N–H and O–H groups in total. The number of aromatic nitrogens is 3. The summed E-state index contributed by atoms with van der Waals surface area (Å²) in [5.41, 5.74) is 0.895. The first kappa shape index (κ1) is 11.1. The van der Waals surface area contributed by atoms with Crippen LogP contribution in [0.15, 0.2) is 29.4 Å². The third-order valence-corrected chi connectivity index (χ3v) is 4.74. The van der Waals surface area contributed by atoms with Crippen molar-refractivity contribution in [2.24, 2.45) is 0 Å². The van der Waals surface area contributed by atoms with Crippen molar-refractivity contribution >= 4 is 40.1 Å². The van der Waals surface area contributed by atoms with Gasteiger partial charge in [-0.15, -0.1) is 10.2 Å². The predicted molar refractivity (Wildman–Crippen MR) is 73.4 cm³/mol. The standard InChI is InChI=1S/C10H7N3OS3/c14-7-3-1-6(2-4-7)8-11-12-9-13(8)10(15)17-5-16-9/h1-4,14H,5H2. The minimum atomic E-state index is 0.235. The fourth-order valence-corrected chi connectivity index (χ4v) is 4.01. The highest BCUT2D eigenvalue weighted by Crippen LogP contribution is 2.33. The van der Waals surface area contributed by atoms with Gasteiger partial charge in [0.05, 0.1) is 5.08 Å². The van der Waals surface area contributed by atoms with Gasteiger partial charge in [-0.1, -0.05) is 35.7 Å². The van der Waals surface area contributed by atoms with Crippen LogP contribution in [-0.4, -0.2) is 29.3 Å². The molecule has 0 saturated carbocycles. The second-order valence-corrected chi connectivity index (χ2v) is 6.28. The van der Waals surface area contributed by atoms with Crippen LogP contribution in [0.3, 0.4) is 0 Å². The van der Waals surface area contributed by atoms with Crippen LogP contribution >= 0.6 is 35.7 Å². The molecule has 86 valence electrons. The molecule has 2 aromatic rings. The number of hydrogen-bond donors (Lipinski definition) is 1. The molecule has 7 heteroatoms. The van der Waals surface area contributed by atoms with Gasteiger partial charge < -0.3 is 5.11 Å². The minimum Gasteiger partial charge on any atom is -0.508 e. The third kappa shape index (κ3) is 1.94. The van der Waals surface area contributed by atoms with Crippen molar-refractivity contribution in [2.75, 3.05) is 5.08 Å². The number of phenols is 1. The molecule has 0 bridgehead atoms. The van der Waals surface area contributed by atoms with Crippen LogP contribution in [0.2, 0.25) is 0 Å². The Hall–Kier alpha value is -1.05. The normalized spacial score (nSPS) is 14.7. The van der Waals surface area contributed by atoms with E-state index in [9.17, 15) is 5.11 Å². The molecule has 1 aliphatic heterocycles. The zero-order valence-corrected chi connectivity index (χ0v) is 11.0. The molecule has 17 heavy (non-hydrogen) atoms. The molecule has 0 spiro atoms. The monoisotopic (exact) mass is 281 g/mol. The van der Waals surface area contributed by atoms with Crippen LogP contribution in [0, 0.1) is 0 Å². The summed E-state index contributed by atoms with van der Waals surface area (Å²) < 4.78 is 2.65. The van der Waals surface area contributed by atoms with E-state index in [1.54, 1.807) is 47.8 Å². The fraction of sp³-hybridized carbons (Fsp3) is 0.100. The van der Waals surface area contributed by atoms with Crippen LogP contribution in [0.1, 0.15) is 0 Å². The van der Waals surface area contributed by atoms with Gasteiger partial charge in [0.2, 0.25) is 0 Å². The Balaban J connectivity index is 2.12. The number of nitrogens with zero attached hydrogens (tertiary/aromatic N) is 3. The lowest BCUT2D eigenvalue weighted by Gasteiger charge is -2.14. The van der Waals surface area contributed by atoms with Gasteiger partial charge in [0.25, 0.3) is 0 Å². The van der Waals surface area contributed by atoms with Crippen LogP contribution in [0.25, 0.3) is 11.4 Å². The molecule has 1 aromatic carbocycles. The van der Waals surface area contributed by atoms with Gasteiger partial charge in [-0.2, -0.15) is 0 Å². The summed E-state index contributed by atoms with van der Waals surface area (Å²) in [5, 5.41) is 19.3. The van der Waals surface area contributed by atoms with Crippen molar-refractivity contribution in [3.63, 3.8) is 0 Å². The average molecular weight is 281 g/mol. The number of thioether (sulfide) groups is 2. The molecular formula is C10H7N3OS3. The summed E-state index contributed by atoms with van der Waals surface area (Å²) in [4.78, 5) is 0. The van der Waals surface area contributed by atoms with E-state index >= 15 is 0 Å². The highest BCUT2D eigenvalue weighted by molar-refractivity contribution is 8.30. The lowest BCUT2D eigenvalue weighted by atomic mass is 10.2. The first-order valence-electron chi connectivity index (χ1n) is 4.80. The van der Waals surface area contributed by atoms with Crippen molar-refractivity contribution in [2.45, 2.75) is 5.16 Å². The van der Waals surface area contributed by atoms with E-state index in [-0.39, 0.29) is 5.75 Å². The van der Waals surface area contributed by atoms with E-state index in [0.29, 0.717) is 0 Å². The molecule has 0 unspecified atom stereocenters. The number of rotatable bonds is 1. The molecule has 0 aliphatic carbocycles. The predicted octanol–water partition coefficient (Wildman–Crippen LogP) is 2.58. The largest absolute Gasteiger partial charge is 0.508 e. The van der Waals surface area contributed by atoms with Crippen molar-refractivity contribution in [1.82, 2.24) is 14.8 Å². The van der Waals surface area contributed by atoms with Crippen molar-refractivity contribution in [1.29, 1.82) is 0 Å². The zero-order chi connectivity index (χ0) is 11.8. The second-order valence-electron chi connectivity index (χ2n) is 3.36. The molecule has 0 radical (unpaired) electrons. The Morgan fingerprint density at radius 3 is 2.71 bits per heavy atom. The molecule has 4 nitrogen and oxygen atoms in total. The minimum absolute atomic E-state index is 0.235. The molecule has 0 saturated heterocycles. The maximum atomic E-state index is 9.27. The smallest absolute Gasteiger partial charge is 0.198 e. The van der Waals surface area contributed by atoms with E-state index < -0.39 is 0 Å². The Bertz CT molecular complexity index is 579. The zero-order valence-electron chi connectivity index (χ0n) is 8.53. The van der Waals surface area contributed by atoms with E-state index in [4.69, 9.17) is 12.2 Å². The van der Waals surface area contributed by atoms with E-state index in [1.165, 1.54) is 0 Å².